The van der Waals surface area contributed by atoms with Crippen molar-refractivity contribution in [2.24, 2.45) is 5.10 Å². The van der Waals surface area contributed by atoms with Gasteiger partial charge in [0.2, 0.25) is 0 Å². The van der Waals surface area contributed by atoms with Crippen LogP contribution in [0, 0.1) is 0 Å². The molecule has 0 saturated carbocycles. The van der Waals surface area contributed by atoms with E-state index in [9.17, 15) is 15.0 Å². The van der Waals surface area contributed by atoms with Gasteiger partial charge in [-0.15, -0.1) is 0 Å². The molecule has 6 nitrogen and oxygen atoms in total. The van der Waals surface area contributed by atoms with E-state index < -0.39 is 5.91 Å². The van der Waals surface area contributed by atoms with E-state index in [-0.39, 0.29) is 17.1 Å². The highest BCUT2D eigenvalue weighted by atomic mass is 79.9. The number of rotatable bonds is 4. The van der Waals surface area contributed by atoms with Crippen molar-refractivity contribution in [1.29, 1.82) is 0 Å². The Morgan fingerprint density at radius 1 is 1.30 bits per heavy atom. The standard InChI is InChI=1S/C15H12BrClN2O4/c1-23-14-6-11(16)8(4-13(14)21)7-18-19-15(22)10-5-9(17)2-3-12(10)20/h2-7,20-21H,1H3,(H,19,22)/b18-7-. The zero-order valence-electron chi connectivity index (χ0n) is 11.9. The summed E-state index contributed by atoms with van der Waals surface area (Å²) in [7, 11) is 1.44. The number of hydrogen-bond donors (Lipinski definition) is 3. The number of nitrogens with zero attached hydrogens (tertiary/aromatic N) is 1. The van der Waals surface area contributed by atoms with E-state index in [1.54, 1.807) is 6.07 Å². The van der Waals surface area contributed by atoms with Gasteiger partial charge in [-0.25, -0.2) is 5.43 Å². The first-order valence-corrected chi connectivity index (χ1v) is 7.48. The SMILES string of the molecule is COc1cc(Br)c(/C=N\NC(=O)c2cc(Cl)ccc2O)cc1O. The molecule has 0 unspecified atom stereocenters. The molecule has 0 aliphatic carbocycles. The number of hydrogen-bond acceptors (Lipinski definition) is 5. The third kappa shape index (κ3) is 4.14. The van der Waals surface area contributed by atoms with E-state index in [1.165, 1.54) is 37.6 Å². The Morgan fingerprint density at radius 3 is 2.74 bits per heavy atom. The van der Waals surface area contributed by atoms with Crippen LogP contribution >= 0.6 is 27.5 Å². The van der Waals surface area contributed by atoms with Crippen LogP contribution in [0.4, 0.5) is 0 Å². The molecular weight excluding hydrogens is 388 g/mol. The third-order valence-electron chi connectivity index (χ3n) is 2.87. The van der Waals surface area contributed by atoms with Gasteiger partial charge in [0.15, 0.2) is 11.5 Å². The van der Waals surface area contributed by atoms with Crippen LogP contribution in [0.1, 0.15) is 15.9 Å². The third-order valence-corrected chi connectivity index (χ3v) is 3.79. The quantitative estimate of drug-likeness (QED) is 0.543. The van der Waals surface area contributed by atoms with Crippen LogP contribution in [0.2, 0.25) is 5.02 Å². The van der Waals surface area contributed by atoms with Crippen molar-refractivity contribution >= 4 is 39.7 Å². The van der Waals surface area contributed by atoms with E-state index in [2.05, 4.69) is 26.5 Å². The van der Waals surface area contributed by atoms with Crippen molar-refractivity contribution in [1.82, 2.24) is 5.43 Å². The van der Waals surface area contributed by atoms with Crippen LogP contribution in [-0.4, -0.2) is 29.4 Å². The number of amides is 1. The molecule has 0 aliphatic rings. The number of phenolic OH excluding ortho intramolecular Hbond substituents is 2. The number of hydrazone groups is 1. The Morgan fingerprint density at radius 2 is 2.04 bits per heavy atom. The Hall–Kier alpha value is -2.25. The summed E-state index contributed by atoms with van der Waals surface area (Å²) in [6.07, 6.45) is 1.34. The molecule has 0 spiro atoms. The Bertz CT molecular complexity index is 780. The number of benzene rings is 2. The summed E-state index contributed by atoms with van der Waals surface area (Å²) in [5.41, 5.74) is 2.80. The second-order valence-corrected chi connectivity index (χ2v) is 5.70. The molecule has 0 saturated heterocycles. The molecule has 0 aliphatic heterocycles. The second kappa shape index (κ2) is 7.34. The normalized spacial score (nSPS) is 10.7. The number of aromatic hydroxyl groups is 2. The van der Waals surface area contributed by atoms with E-state index in [0.717, 1.165) is 0 Å². The van der Waals surface area contributed by atoms with Gasteiger partial charge < -0.3 is 14.9 Å². The predicted molar refractivity (Wildman–Crippen MR) is 90.5 cm³/mol. The van der Waals surface area contributed by atoms with Crippen LogP contribution < -0.4 is 10.2 Å². The molecule has 1 amide bonds. The Kier molecular flexibility index (Phi) is 5.46. The first kappa shape index (κ1) is 17.1. The maximum Gasteiger partial charge on any atom is 0.275 e. The monoisotopic (exact) mass is 398 g/mol. The van der Waals surface area contributed by atoms with Gasteiger partial charge in [0.05, 0.1) is 18.9 Å². The highest BCUT2D eigenvalue weighted by Crippen LogP contribution is 2.31. The molecule has 0 fully saturated rings. The van der Waals surface area contributed by atoms with Crippen LogP contribution in [0.15, 0.2) is 39.9 Å². The van der Waals surface area contributed by atoms with Crippen LogP contribution in [0.3, 0.4) is 0 Å². The van der Waals surface area contributed by atoms with Crippen LogP contribution in [0.25, 0.3) is 0 Å². The van der Waals surface area contributed by atoms with E-state index >= 15 is 0 Å². The van der Waals surface area contributed by atoms with Crippen molar-refractivity contribution in [3.63, 3.8) is 0 Å². The highest BCUT2D eigenvalue weighted by molar-refractivity contribution is 9.10. The summed E-state index contributed by atoms with van der Waals surface area (Å²) < 4.78 is 5.59. The molecule has 0 bridgehead atoms. The second-order valence-electron chi connectivity index (χ2n) is 4.41. The molecule has 0 atom stereocenters. The number of halogens is 2. The molecule has 2 aromatic rings. The maximum atomic E-state index is 11.9. The number of carbonyl (C=O) groups is 1. The number of ether oxygens (including phenoxy) is 1. The van der Waals surface area contributed by atoms with Gasteiger partial charge in [-0.1, -0.05) is 11.6 Å². The molecule has 0 aromatic heterocycles. The summed E-state index contributed by atoms with van der Waals surface area (Å²) in [5, 5.41) is 23.5. The van der Waals surface area contributed by atoms with Gasteiger partial charge in [-0.3, -0.25) is 4.79 Å². The first-order chi connectivity index (χ1) is 10.9. The van der Waals surface area contributed by atoms with Gasteiger partial charge in [0, 0.05) is 15.1 Å². The topological polar surface area (TPSA) is 91.2 Å². The summed E-state index contributed by atoms with van der Waals surface area (Å²) >= 11 is 9.09. The van der Waals surface area contributed by atoms with Crippen molar-refractivity contribution in [2.75, 3.05) is 7.11 Å². The van der Waals surface area contributed by atoms with Crippen molar-refractivity contribution in [3.05, 3.63) is 51.0 Å². The van der Waals surface area contributed by atoms with Gasteiger partial charge in [-0.2, -0.15) is 5.10 Å². The highest BCUT2D eigenvalue weighted by Gasteiger charge is 2.11. The van der Waals surface area contributed by atoms with E-state index in [0.29, 0.717) is 20.8 Å². The molecule has 3 N–H and O–H groups in total. The number of carbonyl (C=O) groups excluding carboxylic acids is 1. The van der Waals surface area contributed by atoms with Gasteiger partial charge >= 0.3 is 0 Å². The fourth-order valence-corrected chi connectivity index (χ4v) is 2.33. The van der Waals surface area contributed by atoms with Crippen molar-refractivity contribution in [3.8, 4) is 17.2 Å². The predicted octanol–water partition coefficient (Wildman–Crippen LogP) is 3.29. The lowest BCUT2D eigenvalue weighted by molar-refractivity contribution is 0.0952. The van der Waals surface area contributed by atoms with Crippen molar-refractivity contribution in [2.45, 2.75) is 0 Å². The fraction of sp³-hybridized carbons (Fsp3) is 0.0667. The maximum absolute atomic E-state index is 11.9. The Balaban J connectivity index is 2.14. The minimum Gasteiger partial charge on any atom is -0.507 e. The van der Waals surface area contributed by atoms with Gasteiger partial charge in [-0.05, 0) is 46.3 Å². The molecule has 2 rings (SSSR count). The molecule has 0 radical (unpaired) electrons. The summed E-state index contributed by atoms with van der Waals surface area (Å²) in [6, 6.07) is 7.11. The largest absolute Gasteiger partial charge is 0.507 e. The molecule has 120 valence electrons. The zero-order valence-corrected chi connectivity index (χ0v) is 14.2. The number of methoxy groups -OCH3 is 1. The number of nitrogens with one attached hydrogen (secondary N) is 1. The summed E-state index contributed by atoms with van der Waals surface area (Å²) in [5.74, 6) is -0.571. The zero-order chi connectivity index (χ0) is 17.0. The minimum atomic E-state index is -0.616. The number of phenols is 2. The lowest BCUT2D eigenvalue weighted by atomic mass is 10.2. The molecule has 0 heterocycles. The van der Waals surface area contributed by atoms with E-state index in [1.807, 2.05) is 0 Å². The summed E-state index contributed by atoms with van der Waals surface area (Å²) in [6.45, 7) is 0. The average Bonchev–Trinajstić information content (AvgIpc) is 2.52. The smallest absolute Gasteiger partial charge is 0.275 e. The van der Waals surface area contributed by atoms with E-state index in [4.69, 9.17) is 16.3 Å². The minimum absolute atomic E-state index is 0.00583. The summed E-state index contributed by atoms with van der Waals surface area (Å²) in [4.78, 5) is 11.9. The molecular formula is C15H12BrClN2O4. The van der Waals surface area contributed by atoms with Gasteiger partial charge in [0.25, 0.3) is 5.91 Å². The van der Waals surface area contributed by atoms with Crippen LogP contribution in [0.5, 0.6) is 17.2 Å². The lowest BCUT2D eigenvalue weighted by Crippen LogP contribution is -2.17. The van der Waals surface area contributed by atoms with Gasteiger partial charge in [0.1, 0.15) is 5.75 Å². The van der Waals surface area contributed by atoms with Crippen molar-refractivity contribution < 1.29 is 19.7 Å². The van der Waals surface area contributed by atoms with Crippen LogP contribution in [-0.2, 0) is 0 Å². The fourth-order valence-electron chi connectivity index (χ4n) is 1.73. The molecule has 8 heteroatoms. The molecule has 23 heavy (non-hydrogen) atoms. The Labute approximate surface area is 145 Å². The average molecular weight is 400 g/mol. The first-order valence-electron chi connectivity index (χ1n) is 6.30. The lowest BCUT2D eigenvalue weighted by Gasteiger charge is -2.06. The molecule has 2 aromatic carbocycles.